The minimum absolute atomic E-state index is 0.0815. The monoisotopic (exact) mass is 284 g/mol. The number of nitrogens with zero attached hydrogens (tertiary/aromatic N) is 3. The van der Waals surface area contributed by atoms with Crippen LogP contribution in [0.15, 0.2) is 42.7 Å². The molecular weight excluding hydrogens is 264 g/mol. The summed E-state index contributed by atoms with van der Waals surface area (Å²) in [6.07, 6.45) is 4.90. The van der Waals surface area contributed by atoms with Gasteiger partial charge in [-0.3, -0.25) is 4.79 Å². The normalized spacial score (nSPS) is 15.6. The molecule has 0 fully saturated rings. The van der Waals surface area contributed by atoms with Gasteiger partial charge in [-0.1, -0.05) is 30.3 Å². The van der Waals surface area contributed by atoms with Gasteiger partial charge in [-0.15, -0.1) is 0 Å². The molecule has 1 unspecified atom stereocenters. The number of amides is 1. The topological polar surface area (TPSA) is 64.2 Å². The Kier molecular flexibility index (Phi) is 4.01. The highest BCUT2D eigenvalue weighted by Crippen LogP contribution is 2.17. The summed E-state index contributed by atoms with van der Waals surface area (Å²) < 4.78 is 2.10. The van der Waals surface area contributed by atoms with Crippen LogP contribution in [0.1, 0.15) is 30.3 Å². The van der Waals surface area contributed by atoms with E-state index in [2.05, 4.69) is 9.55 Å². The molecule has 0 spiro atoms. The van der Waals surface area contributed by atoms with Crippen molar-refractivity contribution in [1.82, 2.24) is 14.5 Å². The Hall–Kier alpha value is -2.14. The summed E-state index contributed by atoms with van der Waals surface area (Å²) in [5.74, 6) is 1.12. The van der Waals surface area contributed by atoms with E-state index in [4.69, 9.17) is 5.73 Å². The van der Waals surface area contributed by atoms with Crippen LogP contribution in [0.2, 0.25) is 0 Å². The fourth-order valence-corrected chi connectivity index (χ4v) is 2.69. The van der Waals surface area contributed by atoms with E-state index in [1.165, 1.54) is 0 Å². The van der Waals surface area contributed by atoms with Crippen molar-refractivity contribution >= 4 is 5.91 Å². The second kappa shape index (κ2) is 6.10. The summed E-state index contributed by atoms with van der Waals surface area (Å²) in [5.41, 5.74) is 7.23. The number of carbonyl (C=O) groups is 1. The van der Waals surface area contributed by atoms with Crippen LogP contribution < -0.4 is 5.73 Å². The van der Waals surface area contributed by atoms with Crippen molar-refractivity contribution in [2.45, 2.75) is 32.0 Å². The zero-order chi connectivity index (χ0) is 14.7. The highest BCUT2D eigenvalue weighted by Gasteiger charge is 2.21. The molecule has 0 radical (unpaired) electrons. The summed E-state index contributed by atoms with van der Waals surface area (Å²) in [6, 6.07) is 9.85. The van der Waals surface area contributed by atoms with Gasteiger partial charge in [0.1, 0.15) is 5.82 Å². The Bertz CT molecular complexity index is 608. The number of aromatic nitrogens is 2. The molecule has 2 N–H and O–H groups in total. The zero-order valence-corrected chi connectivity index (χ0v) is 12.0. The number of rotatable bonds is 4. The Morgan fingerprint density at radius 3 is 2.90 bits per heavy atom. The molecule has 2 heterocycles. The van der Waals surface area contributed by atoms with Crippen molar-refractivity contribution in [3.63, 3.8) is 0 Å². The van der Waals surface area contributed by atoms with Gasteiger partial charge in [0, 0.05) is 37.9 Å². The molecule has 1 atom stereocenters. The van der Waals surface area contributed by atoms with Gasteiger partial charge in [0.05, 0.1) is 6.54 Å². The predicted molar refractivity (Wildman–Crippen MR) is 80.2 cm³/mol. The second-order valence-corrected chi connectivity index (χ2v) is 5.41. The number of carbonyl (C=O) groups excluding carboxylic acids is 1. The lowest BCUT2D eigenvalue weighted by molar-refractivity contribution is -0.132. The fraction of sp³-hybridized carbons (Fsp3) is 0.375. The lowest BCUT2D eigenvalue weighted by atomic mass is 10.0. The van der Waals surface area contributed by atoms with E-state index in [-0.39, 0.29) is 11.9 Å². The van der Waals surface area contributed by atoms with Crippen LogP contribution in [0, 0.1) is 0 Å². The van der Waals surface area contributed by atoms with Crippen LogP contribution in [-0.2, 0) is 17.9 Å². The standard InChI is InChI=1S/C16H20N4O/c17-14(13-4-2-1-3-5-13)6-7-16(21)20-11-10-19-9-8-18-15(19)12-20/h1-5,8-9,14H,6-7,10-12,17H2. The maximum Gasteiger partial charge on any atom is 0.223 e. The first-order chi connectivity index (χ1) is 10.2. The lowest BCUT2D eigenvalue weighted by Crippen LogP contribution is -2.38. The van der Waals surface area contributed by atoms with Crippen LogP contribution in [0.3, 0.4) is 0 Å². The maximum atomic E-state index is 12.3. The zero-order valence-electron chi connectivity index (χ0n) is 12.0. The molecule has 0 saturated carbocycles. The number of hydrogen-bond acceptors (Lipinski definition) is 3. The lowest BCUT2D eigenvalue weighted by Gasteiger charge is -2.28. The van der Waals surface area contributed by atoms with E-state index in [0.29, 0.717) is 19.4 Å². The molecule has 0 saturated heterocycles. The van der Waals surface area contributed by atoms with E-state index in [1.54, 1.807) is 6.20 Å². The largest absolute Gasteiger partial charge is 0.333 e. The van der Waals surface area contributed by atoms with Crippen LogP contribution in [0.25, 0.3) is 0 Å². The number of fused-ring (bicyclic) bond motifs is 1. The van der Waals surface area contributed by atoms with Crippen molar-refractivity contribution in [3.05, 3.63) is 54.1 Å². The van der Waals surface area contributed by atoms with E-state index >= 15 is 0 Å². The third-order valence-electron chi connectivity index (χ3n) is 3.99. The van der Waals surface area contributed by atoms with Crippen molar-refractivity contribution in [2.24, 2.45) is 5.73 Å². The summed E-state index contributed by atoms with van der Waals surface area (Å²) in [5, 5.41) is 0. The van der Waals surface area contributed by atoms with Crippen molar-refractivity contribution in [2.75, 3.05) is 6.54 Å². The van der Waals surface area contributed by atoms with E-state index < -0.39 is 0 Å². The first-order valence-electron chi connectivity index (χ1n) is 7.32. The molecule has 0 bridgehead atoms. The predicted octanol–water partition coefficient (Wildman–Crippen LogP) is 1.71. The molecule has 1 aliphatic heterocycles. The molecule has 1 aromatic carbocycles. The molecule has 110 valence electrons. The highest BCUT2D eigenvalue weighted by atomic mass is 16.2. The summed E-state index contributed by atoms with van der Waals surface area (Å²) in [7, 11) is 0. The van der Waals surface area contributed by atoms with Gasteiger partial charge >= 0.3 is 0 Å². The van der Waals surface area contributed by atoms with Crippen LogP contribution in [0.5, 0.6) is 0 Å². The molecule has 2 aromatic rings. The summed E-state index contributed by atoms with van der Waals surface area (Å²) >= 11 is 0. The molecule has 1 aromatic heterocycles. The Balaban J connectivity index is 1.53. The van der Waals surface area contributed by atoms with Gasteiger partial charge in [0.25, 0.3) is 0 Å². The second-order valence-electron chi connectivity index (χ2n) is 5.41. The minimum Gasteiger partial charge on any atom is -0.333 e. The van der Waals surface area contributed by atoms with Gasteiger partial charge < -0.3 is 15.2 Å². The Labute approximate surface area is 124 Å². The van der Waals surface area contributed by atoms with E-state index in [0.717, 1.165) is 24.5 Å². The van der Waals surface area contributed by atoms with Crippen molar-refractivity contribution < 1.29 is 4.79 Å². The van der Waals surface area contributed by atoms with Gasteiger partial charge in [-0.25, -0.2) is 4.98 Å². The van der Waals surface area contributed by atoms with Crippen LogP contribution in [0.4, 0.5) is 0 Å². The minimum atomic E-state index is -0.0815. The molecule has 0 aliphatic carbocycles. The van der Waals surface area contributed by atoms with E-state index in [1.807, 2.05) is 41.4 Å². The molecule has 3 rings (SSSR count). The molecule has 5 heteroatoms. The maximum absolute atomic E-state index is 12.3. The molecule has 1 aliphatic rings. The van der Waals surface area contributed by atoms with Gasteiger partial charge in [0.15, 0.2) is 0 Å². The fourth-order valence-electron chi connectivity index (χ4n) is 2.69. The van der Waals surface area contributed by atoms with Crippen molar-refractivity contribution in [3.8, 4) is 0 Å². The Morgan fingerprint density at radius 2 is 2.10 bits per heavy atom. The smallest absolute Gasteiger partial charge is 0.223 e. The molecular formula is C16H20N4O. The SMILES string of the molecule is NC(CCC(=O)N1CCn2ccnc2C1)c1ccccc1. The van der Waals surface area contributed by atoms with E-state index in [9.17, 15) is 4.79 Å². The van der Waals surface area contributed by atoms with Gasteiger partial charge in [0.2, 0.25) is 5.91 Å². The van der Waals surface area contributed by atoms with Crippen LogP contribution in [-0.4, -0.2) is 26.9 Å². The molecule has 1 amide bonds. The third kappa shape index (κ3) is 3.13. The molecule has 5 nitrogen and oxygen atoms in total. The van der Waals surface area contributed by atoms with Gasteiger partial charge in [-0.2, -0.15) is 0 Å². The average molecular weight is 284 g/mol. The summed E-state index contributed by atoms with van der Waals surface area (Å²) in [4.78, 5) is 18.5. The average Bonchev–Trinajstić information content (AvgIpc) is 3.00. The number of nitrogens with two attached hydrogens (primary N) is 1. The number of benzene rings is 1. The Morgan fingerprint density at radius 1 is 1.29 bits per heavy atom. The molecule has 21 heavy (non-hydrogen) atoms. The quantitative estimate of drug-likeness (QED) is 0.929. The third-order valence-corrected chi connectivity index (χ3v) is 3.99. The summed E-state index contributed by atoms with van der Waals surface area (Å²) in [6.45, 7) is 2.18. The number of hydrogen-bond donors (Lipinski definition) is 1. The van der Waals surface area contributed by atoms with Crippen molar-refractivity contribution in [1.29, 1.82) is 0 Å². The first kappa shape index (κ1) is 13.8. The van der Waals surface area contributed by atoms with Gasteiger partial charge in [-0.05, 0) is 12.0 Å². The van der Waals surface area contributed by atoms with Crippen LogP contribution >= 0.6 is 0 Å². The number of imidazole rings is 1. The highest BCUT2D eigenvalue weighted by molar-refractivity contribution is 5.76. The first-order valence-corrected chi connectivity index (χ1v) is 7.32.